The highest BCUT2D eigenvalue weighted by atomic mass is 16.4. The van der Waals surface area contributed by atoms with Crippen molar-refractivity contribution < 1.29 is 14.7 Å². The smallest absolute Gasteiger partial charge is 0.335 e. The molecular weight excluding hydrogens is 290 g/mol. The van der Waals surface area contributed by atoms with Crippen LogP contribution < -0.4 is 5.32 Å². The molecule has 23 heavy (non-hydrogen) atoms. The molecule has 3 atom stereocenters. The minimum absolute atomic E-state index is 0.0764. The van der Waals surface area contributed by atoms with E-state index in [9.17, 15) is 9.59 Å². The van der Waals surface area contributed by atoms with E-state index in [1.54, 1.807) is 18.2 Å². The summed E-state index contributed by atoms with van der Waals surface area (Å²) in [6.07, 6.45) is 0.993. The van der Waals surface area contributed by atoms with Gasteiger partial charge in [0, 0.05) is 12.5 Å². The normalized spacial score (nSPS) is 23.7. The van der Waals surface area contributed by atoms with Gasteiger partial charge in [0.25, 0.3) is 0 Å². The van der Waals surface area contributed by atoms with E-state index in [0.717, 1.165) is 12.0 Å². The summed E-state index contributed by atoms with van der Waals surface area (Å²) in [6.45, 7) is 0.373. The van der Waals surface area contributed by atoms with Crippen molar-refractivity contribution in [2.45, 2.75) is 18.9 Å². The molecule has 116 valence electrons. The molecule has 1 fully saturated rings. The molecule has 0 bridgehead atoms. The van der Waals surface area contributed by atoms with E-state index >= 15 is 0 Å². The molecule has 2 N–H and O–H groups in total. The van der Waals surface area contributed by atoms with Gasteiger partial charge in [0.15, 0.2) is 0 Å². The zero-order valence-corrected chi connectivity index (χ0v) is 12.5. The maximum absolute atomic E-state index is 12.4. The fourth-order valence-electron chi connectivity index (χ4n) is 3.83. The molecule has 0 heterocycles. The van der Waals surface area contributed by atoms with Crippen molar-refractivity contribution in [3.63, 3.8) is 0 Å². The van der Waals surface area contributed by atoms with Crippen molar-refractivity contribution in [2.24, 2.45) is 11.8 Å². The van der Waals surface area contributed by atoms with Crippen LogP contribution in [0.5, 0.6) is 0 Å². The molecular formula is C19H17NO3. The van der Waals surface area contributed by atoms with Gasteiger partial charge in [-0.15, -0.1) is 0 Å². The number of aromatic carboxylic acids is 1. The molecule has 2 aromatic rings. The van der Waals surface area contributed by atoms with Crippen molar-refractivity contribution in [1.29, 1.82) is 0 Å². The van der Waals surface area contributed by atoms with Gasteiger partial charge >= 0.3 is 5.97 Å². The number of carboxylic acids is 1. The summed E-state index contributed by atoms with van der Waals surface area (Å²) in [5, 5.41) is 12.0. The molecule has 1 saturated carbocycles. The van der Waals surface area contributed by atoms with E-state index in [4.69, 9.17) is 5.11 Å². The molecule has 0 aromatic heterocycles. The monoisotopic (exact) mass is 307 g/mol. The van der Waals surface area contributed by atoms with Gasteiger partial charge in [-0.3, -0.25) is 4.79 Å². The fourth-order valence-corrected chi connectivity index (χ4v) is 3.83. The Bertz CT molecular complexity index is 799. The number of hydrogen-bond acceptors (Lipinski definition) is 2. The lowest BCUT2D eigenvalue weighted by atomic mass is 10.0. The Morgan fingerprint density at radius 2 is 1.96 bits per heavy atom. The van der Waals surface area contributed by atoms with Crippen LogP contribution in [-0.4, -0.2) is 17.0 Å². The van der Waals surface area contributed by atoms with E-state index in [-0.39, 0.29) is 17.4 Å². The summed E-state index contributed by atoms with van der Waals surface area (Å²) >= 11 is 0. The molecule has 4 rings (SSSR count). The van der Waals surface area contributed by atoms with E-state index in [2.05, 4.69) is 17.4 Å². The first-order valence-corrected chi connectivity index (χ1v) is 7.83. The third-order valence-electron chi connectivity index (χ3n) is 4.98. The van der Waals surface area contributed by atoms with Crippen LogP contribution in [0.3, 0.4) is 0 Å². The lowest BCUT2D eigenvalue weighted by molar-refractivity contribution is -0.122. The molecule has 0 saturated heterocycles. The molecule has 3 unspecified atom stereocenters. The molecule has 2 aliphatic rings. The highest BCUT2D eigenvalue weighted by molar-refractivity contribution is 5.88. The average molecular weight is 307 g/mol. The predicted molar refractivity (Wildman–Crippen MR) is 85.1 cm³/mol. The van der Waals surface area contributed by atoms with Gasteiger partial charge in [-0.1, -0.05) is 36.4 Å². The standard InChI is InChI=1S/C19H17NO3/c21-18(20-10-11-4-3-6-13(8-11)19(22)23)17-15-9-12-5-1-2-7-14(12)16(15)17/h1-8,15-17H,9-10H2,(H,20,21)(H,22,23). The number of nitrogens with one attached hydrogen (secondary N) is 1. The summed E-state index contributed by atoms with van der Waals surface area (Å²) < 4.78 is 0. The van der Waals surface area contributed by atoms with Gasteiger partial charge in [0.1, 0.15) is 0 Å². The number of carbonyl (C=O) groups excluding carboxylic acids is 1. The van der Waals surface area contributed by atoms with Crippen molar-refractivity contribution in [1.82, 2.24) is 5.32 Å². The number of fused-ring (bicyclic) bond motifs is 3. The lowest BCUT2D eigenvalue weighted by Gasteiger charge is -2.09. The van der Waals surface area contributed by atoms with Gasteiger partial charge < -0.3 is 10.4 Å². The van der Waals surface area contributed by atoms with Crippen molar-refractivity contribution in [2.75, 3.05) is 0 Å². The maximum Gasteiger partial charge on any atom is 0.335 e. The zero-order valence-electron chi connectivity index (χ0n) is 12.5. The Labute approximate surface area is 134 Å². The first kappa shape index (κ1) is 14.0. The van der Waals surface area contributed by atoms with Crippen LogP contribution in [0.15, 0.2) is 48.5 Å². The number of benzene rings is 2. The van der Waals surface area contributed by atoms with Gasteiger partial charge in [-0.25, -0.2) is 4.79 Å². The number of rotatable bonds is 4. The molecule has 2 aromatic carbocycles. The average Bonchev–Trinajstić information content (AvgIpc) is 3.15. The molecule has 0 radical (unpaired) electrons. The Morgan fingerprint density at radius 3 is 2.78 bits per heavy atom. The molecule has 4 nitrogen and oxygen atoms in total. The molecule has 0 spiro atoms. The van der Waals surface area contributed by atoms with E-state index < -0.39 is 5.97 Å². The Hall–Kier alpha value is -2.62. The summed E-state index contributed by atoms with van der Waals surface area (Å²) in [5.74, 6) is 0.0172. The quantitative estimate of drug-likeness (QED) is 0.912. The number of amides is 1. The van der Waals surface area contributed by atoms with Gasteiger partial charge in [0.05, 0.1) is 5.56 Å². The van der Waals surface area contributed by atoms with Gasteiger partial charge in [-0.2, -0.15) is 0 Å². The van der Waals surface area contributed by atoms with E-state index in [1.165, 1.54) is 11.1 Å². The van der Waals surface area contributed by atoms with Crippen LogP contribution in [0.2, 0.25) is 0 Å². The maximum atomic E-state index is 12.4. The minimum Gasteiger partial charge on any atom is -0.478 e. The zero-order chi connectivity index (χ0) is 16.0. The van der Waals surface area contributed by atoms with Crippen LogP contribution >= 0.6 is 0 Å². The first-order chi connectivity index (χ1) is 11.1. The number of carbonyl (C=O) groups is 2. The molecule has 2 aliphatic carbocycles. The Balaban J connectivity index is 1.40. The van der Waals surface area contributed by atoms with Crippen LogP contribution in [0.4, 0.5) is 0 Å². The lowest BCUT2D eigenvalue weighted by Crippen LogP contribution is -2.26. The molecule has 4 heteroatoms. The van der Waals surface area contributed by atoms with Crippen LogP contribution in [0.25, 0.3) is 0 Å². The van der Waals surface area contributed by atoms with E-state index in [1.807, 2.05) is 18.2 Å². The van der Waals surface area contributed by atoms with Crippen molar-refractivity contribution in [3.05, 3.63) is 70.8 Å². The van der Waals surface area contributed by atoms with Crippen LogP contribution in [-0.2, 0) is 17.8 Å². The summed E-state index contributed by atoms with van der Waals surface area (Å²) in [6, 6.07) is 15.0. The third kappa shape index (κ3) is 2.40. The Kier molecular flexibility index (Phi) is 3.18. The SMILES string of the molecule is O=C(O)c1cccc(CNC(=O)C2C3Cc4ccccc4C32)c1. The van der Waals surface area contributed by atoms with Crippen molar-refractivity contribution in [3.8, 4) is 0 Å². The Morgan fingerprint density at radius 1 is 1.13 bits per heavy atom. The van der Waals surface area contributed by atoms with Crippen molar-refractivity contribution >= 4 is 11.9 Å². The molecule has 0 aliphatic heterocycles. The summed E-state index contributed by atoms with van der Waals surface area (Å²) in [5.41, 5.74) is 3.75. The summed E-state index contributed by atoms with van der Waals surface area (Å²) in [4.78, 5) is 23.4. The number of hydrogen-bond donors (Lipinski definition) is 2. The van der Waals surface area contributed by atoms with E-state index in [0.29, 0.717) is 18.4 Å². The molecule has 1 amide bonds. The van der Waals surface area contributed by atoms with Gasteiger partial charge in [0.2, 0.25) is 5.91 Å². The second-order valence-electron chi connectivity index (χ2n) is 6.34. The summed E-state index contributed by atoms with van der Waals surface area (Å²) in [7, 11) is 0. The van der Waals surface area contributed by atoms with Crippen LogP contribution in [0, 0.1) is 11.8 Å². The third-order valence-corrected chi connectivity index (χ3v) is 4.98. The van der Waals surface area contributed by atoms with Gasteiger partial charge in [-0.05, 0) is 47.1 Å². The predicted octanol–water partition coefficient (Wildman–Crippen LogP) is 2.59. The topological polar surface area (TPSA) is 66.4 Å². The minimum atomic E-state index is -0.952. The second-order valence-corrected chi connectivity index (χ2v) is 6.34. The first-order valence-electron chi connectivity index (χ1n) is 7.83. The fraction of sp³-hybridized carbons (Fsp3) is 0.263. The highest BCUT2D eigenvalue weighted by Gasteiger charge is 2.58. The largest absolute Gasteiger partial charge is 0.478 e. The second kappa shape index (κ2) is 5.23. The number of carboxylic acid groups (broad SMARTS) is 1. The van der Waals surface area contributed by atoms with Crippen LogP contribution in [0.1, 0.15) is 33.0 Å². The highest BCUT2D eigenvalue weighted by Crippen LogP contribution is 2.61.